The second-order valence-electron chi connectivity index (χ2n) is 6.09. The number of amides is 2. The fourth-order valence-corrected chi connectivity index (χ4v) is 2.38. The van der Waals surface area contributed by atoms with Crippen LogP contribution in [0.1, 0.15) is 38.8 Å². The maximum absolute atomic E-state index is 12.2. The molecular weight excluding hydrogens is 316 g/mol. The second-order valence-corrected chi connectivity index (χ2v) is 6.09. The Morgan fingerprint density at radius 2 is 1.56 bits per heavy atom. The van der Waals surface area contributed by atoms with E-state index in [1.54, 1.807) is 18.2 Å². The van der Waals surface area contributed by atoms with Gasteiger partial charge in [0.1, 0.15) is 12.2 Å². The molecule has 2 aromatic carbocycles. The summed E-state index contributed by atoms with van der Waals surface area (Å²) in [6, 6.07) is 16.6. The SMILES string of the molecule is CC(C)Oc1ccccc1NC(=O)CC(=O)NC(C)c1ccccc1. The van der Waals surface area contributed by atoms with Gasteiger partial charge in [-0.15, -0.1) is 0 Å². The first-order chi connectivity index (χ1) is 12.0. The van der Waals surface area contributed by atoms with E-state index in [1.807, 2.05) is 57.2 Å². The fraction of sp³-hybridized carbons (Fsp3) is 0.300. The largest absolute Gasteiger partial charge is 0.489 e. The van der Waals surface area contributed by atoms with E-state index in [0.717, 1.165) is 5.56 Å². The van der Waals surface area contributed by atoms with Crippen LogP contribution in [0.5, 0.6) is 5.75 Å². The van der Waals surface area contributed by atoms with Crippen molar-refractivity contribution in [3.8, 4) is 5.75 Å². The van der Waals surface area contributed by atoms with E-state index in [4.69, 9.17) is 4.74 Å². The molecule has 25 heavy (non-hydrogen) atoms. The molecule has 0 aliphatic carbocycles. The second kappa shape index (κ2) is 8.87. The molecule has 0 saturated heterocycles. The van der Waals surface area contributed by atoms with Gasteiger partial charge in [-0.3, -0.25) is 9.59 Å². The first-order valence-corrected chi connectivity index (χ1v) is 8.35. The van der Waals surface area contributed by atoms with Gasteiger partial charge in [0, 0.05) is 0 Å². The number of hydrogen-bond acceptors (Lipinski definition) is 3. The Morgan fingerprint density at radius 1 is 0.920 bits per heavy atom. The van der Waals surface area contributed by atoms with E-state index in [1.165, 1.54) is 0 Å². The molecule has 1 unspecified atom stereocenters. The molecule has 5 nitrogen and oxygen atoms in total. The van der Waals surface area contributed by atoms with Gasteiger partial charge in [0.2, 0.25) is 11.8 Å². The van der Waals surface area contributed by atoms with Crippen LogP contribution in [0.25, 0.3) is 0 Å². The molecular formula is C20H24N2O3. The number of benzene rings is 2. The summed E-state index contributed by atoms with van der Waals surface area (Å²) in [7, 11) is 0. The Morgan fingerprint density at radius 3 is 2.24 bits per heavy atom. The molecule has 2 amide bonds. The molecule has 0 spiro atoms. The highest BCUT2D eigenvalue weighted by atomic mass is 16.5. The lowest BCUT2D eigenvalue weighted by molar-refractivity contribution is -0.127. The van der Waals surface area contributed by atoms with Crippen LogP contribution in [-0.2, 0) is 9.59 Å². The van der Waals surface area contributed by atoms with E-state index in [-0.39, 0.29) is 30.4 Å². The van der Waals surface area contributed by atoms with Crippen molar-refractivity contribution < 1.29 is 14.3 Å². The Balaban J connectivity index is 1.91. The number of anilines is 1. The van der Waals surface area contributed by atoms with Crippen molar-refractivity contribution in [1.29, 1.82) is 0 Å². The van der Waals surface area contributed by atoms with Gasteiger partial charge in [0.25, 0.3) is 0 Å². The number of para-hydroxylation sites is 2. The van der Waals surface area contributed by atoms with Crippen LogP contribution >= 0.6 is 0 Å². The minimum atomic E-state index is -0.377. The van der Waals surface area contributed by atoms with Crippen LogP contribution in [0, 0.1) is 0 Å². The Labute approximate surface area is 148 Å². The molecule has 0 aromatic heterocycles. The van der Waals surface area contributed by atoms with Crippen molar-refractivity contribution in [2.24, 2.45) is 0 Å². The molecule has 0 bridgehead atoms. The normalized spacial score (nSPS) is 11.7. The quantitative estimate of drug-likeness (QED) is 0.756. The Kier molecular flexibility index (Phi) is 6.57. The number of carbonyl (C=O) groups excluding carboxylic acids is 2. The van der Waals surface area contributed by atoms with Gasteiger partial charge >= 0.3 is 0 Å². The third kappa shape index (κ3) is 5.95. The Hall–Kier alpha value is -2.82. The van der Waals surface area contributed by atoms with E-state index < -0.39 is 0 Å². The van der Waals surface area contributed by atoms with Crippen LogP contribution in [0.2, 0.25) is 0 Å². The van der Waals surface area contributed by atoms with E-state index in [2.05, 4.69) is 10.6 Å². The highest BCUT2D eigenvalue weighted by Crippen LogP contribution is 2.25. The van der Waals surface area contributed by atoms with Gasteiger partial charge in [-0.25, -0.2) is 0 Å². The first kappa shape index (κ1) is 18.5. The van der Waals surface area contributed by atoms with Crippen LogP contribution < -0.4 is 15.4 Å². The van der Waals surface area contributed by atoms with E-state index in [0.29, 0.717) is 11.4 Å². The van der Waals surface area contributed by atoms with Gasteiger partial charge < -0.3 is 15.4 Å². The van der Waals surface area contributed by atoms with E-state index in [9.17, 15) is 9.59 Å². The first-order valence-electron chi connectivity index (χ1n) is 8.35. The summed E-state index contributed by atoms with van der Waals surface area (Å²) in [5.41, 5.74) is 1.55. The summed E-state index contributed by atoms with van der Waals surface area (Å²) in [6.45, 7) is 5.71. The smallest absolute Gasteiger partial charge is 0.233 e. The predicted molar refractivity (Wildman–Crippen MR) is 98.5 cm³/mol. The van der Waals surface area contributed by atoms with Gasteiger partial charge in [-0.1, -0.05) is 42.5 Å². The zero-order chi connectivity index (χ0) is 18.2. The third-order valence-corrected chi connectivity index (χ3v) is 3.52. The summed E-state index contributed by atoms with van der Waals surface area (Å²) in [4.78, 5) is 24.2. The monoisotopic (exact) mass is 340 g/mol. The highest BCUT2D eigenvalue weighted by Gasteiger charge is 2.15. The van der Waals surface area contributed by atoms with Crippen molar-refractivity contribution in [2.45, 2.75) is 39.3 Å². The van der Waals surface area contributed by atoms with Gasteiger partial charge in [-0.05, 0) is 38.5 Å². The number of ether oxygens (including phenoxy) is 1. The molecule has 0 fully saturated rings. The van der Waals surface area contributed by atoms with Crippen LogP contribution in [-0.4, -0.2) is 17.9 Å². The van der Waals surface area contributed by atoms with Crippen LogP contribution in [0.3, 0.4) is 0 Å². The zero-order valence-corrected chi connectivity index (χ0v) is 14.8. The molecule has 0 aliphatic heterocycles. The summed E-state index contributed by atoms with van der Waals surface area (Å²) in [5.74, 6) is -0.113. The lowest BCUT2D eigenvalue weighted by Crippen LogP contribution is -2.30. The molecule has 132 valence electrons. The molecule has 0 heterocycles. The predicted octanol–water partition coefficient (Wildman–Crippen LogP) is 3.68. The summed E-state index contributed by atoms with van der Waals surface area (Å²) in [5, 5.41) is 5.56. The molecule has 2 N–H and O–H groups in total. The van der Waals surface area contributed by atoms with Crippen molar-refractivity contribution in [1.82, 2.24) is 5.32 Å². The molecule has 5 heteroatoms. The molecule has 1 atom stereocenters. The maximum atomic E-state index is 12.2. The third-order valence-electron chi connectivity index (χ3n) is 3.52. The van der Waals surface area contributed by atoms with Gasteiger partial charge in [-0.2, -0.15) is 0 Å². The average Bonchev–Trinajstić information content (AvgIpc) is 2.56. The molecule has 0 saturated carbocycles. The number of hydrogen-bond donors (Lipinski definition) is 2. The van der Waals surface area contributed by atoms with Crippen LogP contribution in [0.15, 0.2) is 54.6 Å². The lowest BCUT2D eigenvalue weighted by atomic mass is 10.1. The molecule has 2 aromatic rings. The van der Waals surface area contributed by atoms with Gasteiger partial charge in [0.15, 0.2) is 0 Å². The van der Waals surface area contributed by atoms with Crippen molar-refractivity contribution in [3.05, 3.63) is 60.2 Å². The zero-order valence-electron chi connectivity index (χ0n) is 14.8. The number of rotatable bonds is 7. The summed E-state index contributed by atoms with van der Waals surface area (Å²) >= 11 is 0. The fourth-order valence-electron chi connectivity index (χ4n) is 2.38. The minimum absolute atomic E-state index is 0.00641. The van der Waals surface area contributed by atoms with Gasteiger partial charge in [0.05, 0.1) is 17.8 Å². The van der Waals surface area contributed by atoms with Crippen molar-refractivity contribution in [2.75, 3.05) is 5.32 Å². The molecule has 2 rings (SSSR count). The molecule has 0 aliphatic rings. The van der Waals surface area contributed by atoms with Crippen molar-refractivity contribution >= 4 is 17.5 Å². The topological polar surface area (TPSA) is 67.4 Å². The highest BCUT2D eigenvalue weighted by molar-refractivity contribution is 6.04. The molecule has 0 radical (unpaired) electrons. The average molecular weight is 340 g/mol. The van der Waals surface area contributed by atoms with Crippen LogP contribution in [0.4, 0.5) is 5.69 Å². The summed E-state index contributed by atoms with van der Waals surface area (Å²) in [6.07, 6.45) is -0.249. The summed E-state index contributed by atoms with van der Waals surface area (Å²) < 4.78 is 5.66. The van der Waals surface area contributed by atoms with E-state index >= 15 is 0 Å². The Bertz CT molecular complexity index is 714. The maximum Gasteiger partial charge on any atom is 0.233 e. The van der Waals surface area contributed by atoms with Crippen molar-refractivity contribution in [3.63, 3.8) is 0 Å². The lowest BCUT2D eigenvalue weighted by Gasteiger charge is -2.16. The standard InChI is InChI=1S/C20H24N2O3/c1-14(2)25-18-12-8-7-11-17(18)22-20(24)13-19(23)21-15(3)16-9-5-4-6-10-16/h4-12,14-15H,13H2,1-3H3,(H,21,23)(H,22,24). The minimum Gasteiger partial charge on any atom is -0.489 e. The number of nitrogens with one attached hydrogen (secondary N) is 2. The number of carbonyl (C=O) groups is 2.